The molecule has 3 unspecified atom stereocenters. The van der Waals surface area contributed by atoms with E-state index in [1.807, 2.05) is 6.92 Å². The zero-order chi connectivity index (χ0) is 10.8. The van der Waals surface area contributed by atoms with Crippen LogP contribution in [0.5, 0.6) is 0 Å². The first kappa shape index (κ1) is 12.0. The average molecular weight is 199 g/mol. The molecule has 1 rings (SSSR count). The number of nitrogens with one attached hydrogen (secondary N) is 1. The fraction of sp³-hybridized carbons (Fsp3) is 1.00. The second kappa shape index (κ2) is 4.63. The van der Waals surface area contributed by atoms with Crippen LogP contribution in [0.4, 0.5) is 0 Å². The predicted molar refractivity (Wildman–Crippen MR) is 60.3 cm³/mol. The molecule has 0 aromatic rings. The van der Waals surface area contributed by atoms with Crippen LogP contribution in [0.3, 0.4) is 0 Å². The maximum atomic E-state index is 9.00. The SMILES string of the molecule is CC1CC(NC(C)CO)CC(C)(C)C1. The highest BCUT2D eigenvalue weighted by Gasteiger charge is 2.32. The minimum absolute atomic E-state index is 0.237. The van der Waals surface area contributed by atoms with Crippen molar-refractivity contribution in [2.24, 2.45) is 11.3 Å². The quantitative estimate of drug-likeness (QED) is 0.730. The summed E-state index contributed by atoms with van der Waals surface area (Å²) >= 11 is 0. The topological polar surface area (TPSA) is 32.3 Å². The standard InChI is InChI=1S/C12H25NO/c1-9-5-11(13-10(2)8-14)7-12(3,4)6-9/h9-11,13-14H,5-8H2,1-4H3. The first-order chi connectivity index (χ1) is 6.43. The molecule has 0 spiro atoms. The fourth-order valence-corrected chi connectivity index (χ4v) is 2.93. The maximum absolute atomic E-state index is 9.00. The van der Waals surface area contributed by atoms with E-state index in [1.54, 1.807) is 0 Å². The Bertz CT molecular complexity index is 179. The van der Waals surface area contributed by atoms with Crippen molar-refractivity contribution in [3.8, 4) is 0 Å². The summed E-state index contributed by atoms with van der Waals surface area (Å²) in [5, 5.41) is 12.5. The Kier molecular flexibility index (Phi) is 3.96. The molecule has 2 N–H and O–H groups in total. The highest BCUT2D eigenvalue weighted by atomic mass is 16.3. The molecule has 14 heavy (non-hydrogen) atoms. The second-order valence-electron chi connectivity index (χ2n) is 5.86. The molecule has 1 saturated carbocycles. The lowest BCUT2D eigenvalue weighted by molar-refractivity contribution is 0.135. The van der Waals surface area contributed by atoms with Gasteiger partial charge >= 0.3 is 0 Å². The zero-order valence-corrected chi connectivity index (χ0v) is 10.0. The van der Waals surface area contributed by atoms with Gasteiger partial charge in [0.25, 0.3) is 0 Å². The summed E-state index contributed by atoms with van der Waals surface area (Å²) in [5.74, 6) is 0.808. The molecule has 84 valence electrons. The smallest absolute Gasteiger partial charge is 0.0582 e. The van der Waals surface area contributed by atoms with Crippen LogP contribution in [0.15, 0.2) is 0 Å². The second-order valence-corrected chi connectivity index (χ2v) is 5.86. The van der Waals surface area contributed by atoms with Crippen LogP contribution in [0.2, 0.25) is 0 Å². The molecule has 0 saturated heterocycles. The van der Waals surface area contributed by atoms with Crippen LogP contribution < -0.4 is 5.32 Å². The third-order valence-electron chi connectivity index (χ3n) is 3.18. The van der Waals surface area contributed by atoms with Gasteiger partial charge in [-0.3, -0.25) is 0 Å². The minimum Gasteiger partial charge on any atom is -0.395 e. The molecular formula is C12H25NO. The zero-order valence-electron chi connectivity index (χ0n) is 10.0. The van der Waals surface area contributed by atoms with E-state index in [2.05, 4.69) is 26.1 Å². The van der Waals surface area contributed by atoms with E-state index < -0.39 is 0 Å². The fourth-order valence-electron chi connectivity index (χ4n) is 2.93. The van der Waals surface area contributed by atoms with Crippen LogP contribution in [-0.4, -0.2) is 23.8 Å². The summed E-state index contributed by atoms with van der Waals surface area (Å²) in [6, 6.07) is 0.831. The highest BCUT2D eigenvalue weighted by molar-refractivity contribution is 4.87. The van der Waals surface area contributed by atoms with Gasteiger partial charge in [0, 0.05) is 12.1 Å². The van der Waals surface area contributed by atoms with E-state index in [-0.39, 0.29) is 12.6 Å². The number of hydrogen-bond acceptors (Lipinski definition) is 2. The van der Waals surface area contributed by atoms with E-state index in [9.17, 15) is 0 Å². The lowest BCUT2D eigenvalue weighted by Crippen LogP contribution is -2.45. The Labute approximate surface area is 88.1 Å². The molecular weight excluding hydrogens is 174 g/mol. The van der Waals surface area contributed by atoms with Gasteiger partial charge in [-0.15, -0.1) is 0 Å². The Morgan fingerprint density at radius 3 is 2.57 bits per heavy atom. The lowest BCUT2D eigenvalue weighted by Gasteiger charge is -2.40. The Hall–Kier alpha value is -0.0800. The summed E-state index contributed by atoms with van der Waals surface area (Å²) in [7, 11) is 0. The van der Waals surface area contributed by atoms with Crippen LogP contribution in [0, 0.1) is 11.3 Å². The van der Waals surface area contributed by atoms with Crippen LogP contribution in [-0.2, 0) is 0 Å². The van der Waals surface area contributed by atoms with Crippen molar-refractivity contribution >= 4 is 0 Å². The van der Waals surface area contributed by atoms with Crippen LogP contribution in [0.25, 0.3) is 0 Å². The van der Waals surface area contributed by atoms with Crippen molar-refractivity contribution in [3.05, 3.63) is 0 Å². The van der Waals surface area contributed by atoms with E-state index >= 15 is 0 Å². The molecule has 0 radical (unpaired) electrons. The van der Waals surface area contributed by atoms with Crippen molar-refractivity contribution in [1.82, 2.24) is 5.32 Å². The summed E-state index contributed by atoms with van der Waals surface area (Å²) in [6.45, 7) is 9.32. The van der Waals surface area contributed by atoms with Gasteiger partial charge in [-0.1, -0.05) is 20.8 Å². The van der Waals surface area contributed by atoms with Crippen molar-refractivity contribution in [2.45, 2.75) is 59.0 Å². The number of hydrogen-bond donors (Lipinski definition) is 2. The molecule has 0 amide bonds. The monoisotopic (exact) mass is 199 g/mol. The van der Waals surface area contributed by atoms with E-state index in [0.717, 1.165) is 5.92 Å². The third kappa shape index (κ3) is 3.58. The van der Waals surface area contributed by atoms with E-state index in [0.29, 0.717) is 11.5 Å². The molecule has 1 aliphatic rings. The largest absolute Gasteiger partial charge is 0.395 e. The lowest BCUT2D eigenvalue weighted by atomic mass is 9.70. The maximum Gasteiger partial charge on any atom is 0.0582 e. The summed E-state index contributed by atoms with van der Waals surface area (Å²) < 4.78 is 0. The Balaban J connectivity index is 2.45. The summed E-state index contributed by atoms with van der Waals surface area (Å²) in [4.78, 5) is 0. The van der Waals surface area contributed by atoms with Crippen LogP contribution in [0.1, 0.15) is 47.0 Å². The van der Waals surface area contributed by atoms with Crippen LogP contribution >= 0.6 is 0 Å². The van der Waals surface area contributed by atoms with Gasteiger partial charge in [0.05, 0.1) is 6.61 Å². The van der Waals surface area contributed by atoms with E-state index in [4.69, 9.17) is 5.11 Å². The first-order valence-corrected chi connectivity index (χ1v) is 5.80. The van der Waals surface area contributed by atoms with Gasteiger partial charge in [0.15, 0.2) is 0 Å². The average Bonchev–Trinajstić information content (AvgIpc) is 1.99. The molecule has 0 aromatic carbocycles. The third-order valence-corrected chi connectivity index (χ3v) is 3.18. The van der Waals surface area contributed by atoms with Gasteiger partial charge in [0.2, 0.25) is 0 Å². The normalized spacial score (nSPS) is 34.1. The van der Waals surface area contributed by atoms with Gasteiger partial charge in [-0.25, -0.2) is 0 Å². The summed E-state index contributed by atoms with van der Waals surface area (Å²) in [5.41, 5.74) is 0.463. The molecule has 0 aliphatic heterocycles. The predicted octanol–water partition coefficient (Wildman–Crippen LogP) is 2.17. The molecule has 1 fully saturated rings. The first-order valence-electron chi connectivity index (χ1n) is 5.80. The Morgan fingerprint density at radius 2 is 2.07 bits per heavy atom. The molecule has 0 aromatic heterocycles. The minimum atomic E-state index is 0.237. The number of rotatable bonds is 3. The van der Waals surface area contributed by atoms with Crippen molar-refractivity contribution in [1.29, 1.82) is 0 Å². The molecule has 2 nitrogen and oxygen atoms in total. The number of aliphatic hydroxyl groups is 1. The van der Waals surface area contributed by atoms with Gasteiger partial charge in [-0.05, 0) is 37.5 Å². The number of aliphatic hydroxyl groups excluding tert-OH is 1. The van der Waals surface area contributed by atoms with Crippen molar-refractivity contribution < 1.29 is 5.11 Å². The molecule has 2 heteroatoms. The van der Waals surface area contributed by atoms with Gasteiger partial charge in [0.1, 0.15) is 0 Å². The van der Waals surface area contributed by atoms with Gasteiger partial charge in [-0.2, -0.15) is 0 Å². The molecule has 0 heterocycles. The summed E-state index contributed by atoms with van der Waals surface area (Å²) in [6.07, 6.45) is 3.83. The van der Waals surface area contributed by atoms with Crippen molar-refractivity contribution in [2.75, 3.05) is 6.61 Å². The highest BCUT2D eigenvalue weighted by Crippen LogP contribution is 2.38. The molecule has 0 bridgehead atoms. The Morgan fingerprint density at radius 1 is 1.43 bits per heavy atom. The molecule has 1 aliphatic carbocycles. The van der Waals surface area contributed by atoms with Gasteiger partial charge < -0.3 is 10.4 Å². The van der Waals surface area contributed by atoms with Crippen molar-refractivity contribution in [3.63, 3.8) is 0 Å². The van der Waals surface area contributed by atoms with E-state index in [1.165, 1.54) is 19.3 Å². The molecule has 3 atom stereocenters.